The van der Waals surface area contributed by atoms with E-state index in [9.17, 15) is 14.4 Å². The highest BCUT2D eigenvalue weighted by Crippen LogP contribution is 2.26. The van der Waals surface area contributed by atoms with E-state index in [-0.39, 0.29) is 22.6 Å². The van der Waals surface area contributed by atoms with Gasteiger partial charge in [-0.2, -0.15) is 0 Å². The molecule has 0 atom stereocenters. The molecule has 0 aliphatic rings. The number of carbonyl (C=O) groups is 3. The summed E-state index contributed by atoms with van der Waals surface area (Å²) in [7, 11) is 2.85. The monoisotopic (exact) mass is 489 g/mol. The maximum absolute atomic E-state index is 12.4. The van der Waals surface area contributed by atoms with Crippen LogP contribution >= 0.6 is 0 Å². The van der Waals surface area contributed by atoms with E-state index < -0.39 is 12.1 Å². The van der Waals surface area contributed by atoms with Crippen LogP contribution in [0.25, 0.3) is 0 Å². The number of ether oxygens (including phenoxy) is 2. The molecule has 0 spiro atoms. The molecule has 0 fully saturated rings. The van der Waals surface area contributed by atoms with E-state index >= 15 is 0 Å². The number of pyridine rings is 1. The molecule has 8 heteroatoms. The number of benzene rings is 2. The molecule has 0 radical (unpaired) electrons. The van der Waals surface area contributed by atoms with Crippen molar-refractivity contribution in [2.75, 3.05) is 20.7 Å². The quantitative estimate of drug-likeness (QED) is 0.460. The van der Waals surface area contributed by atoms with Crippen LogP contribution < -0.4 is 15.4 Å². The third-order valence-electron chi connectivity index (χ3n) is 5.97. The third kappa shape index (κ3) is 6.47. The number of methoxy groups -OCH3 is 1. The lowest BCUT2D eigenvalue weighted by atomic mass is 9.82. The Bertz CT molecular complexity index is 1250. The molecule has 3 aromatic rings. The van der Waals surface area contributed by atoms with Gasteiger partial charge in [0.2, 0.25) is 0 Å². The Balaban J connectivity index is 1.64. The van der Waals surface area contributed by atoms with E-state index in [2.05, 4.69) is 27.8 Å². The Hall–Kier alpha value is -4.20. The maximum atomic E-state index is 12.4. The fourth-order valence-electron chi connectivity index (χ4n) is 3.69. The molecule has 8 nitrogen and oxygen atoms in total. The highest BCUT2D eigenvalue weighted by molar-refractivity contribution is 5.93. The largest absolute Gasteiger partial charge is 0.465 e. The molecule has 2 amide bonds. The van der Waals surface area contributed by atoms with Crippen molar-refractivity contribution in [3.63, 3.8) is 0 Å². The molecule has 0 aliphatic carbocycles. The minimum Gasteiger partial charge on any atom is -0.465 e. The molecule has 188 valence electrons. The number of nitrogens with zero attached hydrogens (tertiary/aromatic N) is 1. The van der Waals surface area contributed by atoms with Crippen LogP contribution in [-0.4, -0.2) is 43.7 Å². The van der Waals surface area contributed by atoms with E-state index in [0.29, 0.717) is 18.7 Å². The lowest BCUT2D eigenvalue weighted by Gasteiger charge is -2.26. The van der Waals surface area contributed by atoms with Gasteiger partial charge in [0, 0.05) is 25.2 Å². The predicted molar refractivity (Wildman–Crippen MR) is 136 cm³/mol. The van der Waals surface area contributed by atoms with E-state index in [4.69, 9.17) is 9.47 Å². The first kappa shape index (κ1) is 26.4. The van der Waals surface area contributed by atoms with Gasteiger partial charge in [-0.1, -0.05) is 50.2 Å². The van der Waals surface area contributed by atoms with Crippen LogP contribution in [0.5, 0.6) is 5.75 Å². The number of amides is 2. The Morgan fingerprint density at radius 2 is 1.78 bits per heavy atom. The predicted octanol–water partition coefficient (Wildman–Crippen LogP) is 4.19. The van der Waals surface area contributed by atoms with Gasteiger partial charge in [-0.3, -0.25) is 9.78 Å². The summed E-state index contributed by atoms with van der Waals surface area (Å²) >= 11 is 0. The van der Waals surface area contributed by atoms with Crippen LogP contribution in [0, 0.1) is 6.92 Å². The zero-order valence-electron chi connectivity index (χ0n) is 21.2. The van der Waals surface area contributed by atoms with E-state index in [1.54, 1.807) is 37.5 Å². The minimum absolute atomic E-state index is 0.137. The molecular weight excluding hydrogens is 458 g/mol. The van der Waals surface area contributed by atoms with Gasteiger partial charge in [0.25, 0.3) is 5.91 Å². The molecular formula is C28H31N3O5. The number of nitrogens with one attached hydrogen (secondary N) is 2. The van der Waals surface area contributed by atoms with E-state index in [1.807, 2.05) is 32.9 Å². The standard InChI is InChI=1S/C28H31N3O5/c1-18-14-21(12-11-20(18)15-19-10-13-23(30-16-19)25(32)29-4)28(2,3)17-31-27(34)36-24-9-7-6-8-22(24)26(33)35-5/h6-14,16H,15,17H2,1-5H3,(H,29,32)(H,31,34). The molecule has 36 heavy (non-hydrogen) atoms. The first-order chi connectivity index (χ1) is 17.1. The number of hydrogen-bond acceptors (Lipinski definition) is 6. The summed E-state index contributed by atoms with van der Waals surface area (Å²) in [5, 5.41) is 5.36. The molecule has 0 saturated heterocycles. The van der Waals surface area contributed by atoms with Gasteiger partial charge in [-0.15, -0.1) is 0 Å². The molecule has 3 rings (SSSR count). The zero-order chi connectivity index (χ0) is 26.3. The Morgan fingerprint density at radius 3 is 2.42 bits per heavy atom. The second-order valence-corrected chi connectivity index (χ2v) is 9.06. The summed E-state index contributed by atoms with van der Waals surface area (Å²) < 4.78 is 10.1. The second-order valence-electron chi connectivity index (χ2n) is 9.06. The van der Waals surface area contributed by atoms with Gasteiger partial charge in [0.05, 0.1) is 7.11 Å². The number of esters is 1. The van der Waals surface area contributed by atoms with Gasteiger partial charge in [0.15, 0.2) is 0 Å². The zero-order valence-corrected chi connectivity index (χ0v) is 21.2. The molecule has 0 bridgehead atoms. The average molecular weight is 490 g/mol. The smallest absolute Gasteiger partial charge is 0.412 e. The number of aryl methyl sites for hydroxylation is 1. The van der Waals surface area contributed by atoms with Crippen LogP contribution in [0.4, 0.5) is 4.79 Å². The third-order valence-corrected chi connectivity index (χ3v) is 5.97. The summed E-state index contributed by atoms with van der Waals surface area (Å²) in [5.41, 5.74) is 4.53. The number of rotatable bonds is 8. The topological polar surface area (TPSA) is 107 Å². The SMILES string of the molecule is CNC(=O)c1ccc(Cc2ccc(C(C)(C)CNC(=O)Oc3ccccc3C(=O)OC)cc2C)cn1. The fourth-order valence-corrected chi connectivity index (χ4v) is 3.69. The lowest BCUT2D eigenvalue weighted by molar-refractivity contribution is 0.0597. The molecule has 0 unspecified atom stereocenters. The van der Waals surface area contributed by atoms with Crippen molar-refractivity contribution in [1.82, 2.24) is 15.6 Å². The van der Waals surface area contributed by atoms with Crippen molar-refractivity contribution in [3.8, 4) is 5.75 Å². The number of hydrogen-bond donors (Lipinski definition) is 2. The fraction of sp³-hybridized carbons (Fsp3) is 0.286. The Labute approximate surface area is 211 Å². The second kappa shape index (κ2) is 11.5. The van der Waals surface area contributed by atoms with Crippen LogP contribution in [0.3, 0.4) is 0 Å². The van der Waals surface area contributed by atoms with Gasteiger partial charge < -0.3 is 20.1 Å². The van der Waals surface area contributed by atoms with Crippen molar-refractivity contribution in [2.45, 2.75) is 32.6 Å². The summed E-state index contributed by atoms with van der Waals surface area (Å²) in [6.07, 6.45) is 1.76. The summed E-state index contributed by atoms with van der Waals surface area (Å²) in [6, 6.07) is 16.3. The van der Waals surface area contributed by atoms with Gasteiger partial charge in [-0.05, 0) is 53.8 Å². The molecule has 2 N–H and O–H groups in total. The summed E-state index contributed by atoms with van der Waals surface area (Å²) in [6.45, 7) is 6.44. The average Bonchev–Trinajstić information content (AvgIpc) is 2.88. The Kier molecular flexibility index (Phi) is 8.42. The summed E-state index contributed by atoms with van der Waals surface area (Å²) in [4.78, 5) is 40.3. The minimum atomic E-state index is -0.652. The van der Waals surface area contributed by atoms with Crippen LogP contribution in [0.15, 0.2) is 60.8 Å². The van der Waals surface area contributed by atoms with Crippen LogP contribution in [0.2, 0.25) is 0 Å². The molecule has 2 aromatic carbocycles. The van der Waals surface area contributed by atoms with Crippen molar-refractivity contribution in [2.24, 2.45) is 0 Å². The highest BCUT2D eigenvalue weighted by Gasteiger charge is 2.23. The van der Waals surface area contributed by atoms with Crippen molar-refractivity contribution in [1.29, 1.82) is 0 Å². The lowest BCUT2D eigenvalue weighted by Crippen LogP contribution is -2.38. The molecule has 1 heterocycles. The van der Waals surface area contributed by atoms with Gasteiger partial charge >= 0.3 is 12.1 Å². The van der Waals surface area contributed by atoms with Crippen molar-refractivity contribution >= 4 is 18.0 Å². The number of carbonyl (C=O) groups excluding carboxylic acids is 3. The highest BCUT2D eigenvalue weighted by atomic mass is 16.6. The molecule has 0 saturated carbocycles. The van der Waals surface area contributed by atoms with Crippen molar-refractivity contribution in [3.05, 3.63) is 94.3 Å². The maximum Gasteiger partial charge on any atom is 0.412 e. The molecule has 1 aromatic heterocycles. The normalized spacial score (nSPS) is 10.9. The van der Waals surface area contributed by atoms with E-state index in [1.165, 1.54) is 13.2 Å². The molecule has 0 aliphatic heterocycles. The number of para-hydroxylation sites is 1. The van der Waals surface area contributed by atoms with Gasteiger partial charge in [0.1, 0.15) is 17.0 Å². The first-order valence-electron chi connectivity index (χ1n) is 11.5. The Morgan fingerprint density at radius 1 is 1.03 bits per heavy atom. The summed E-state index contributed by atoms with van der Waals surface area (Å²) in [5.74, 6) is -0.653. The van der Waals surface area contributed by atoms with Crippen LogP contribution in [0.1, 0.15) is 56.9 Å². The van der Waals surface area contributed by atoms with Crippen molar-refractivity contribution < 1.29 is 23.9 Å². The van der Waals surface area contributed by atoms with Crippen LogP contribution in [-0.2, 0) is 16.6 Å². The first-order valence-corrected chi connectivity index (χ1v) is 11.5. The van der Waals surface area contributed by atoms with Gasteiger partial charge in [-0.25, -0.2) is 9.59 Å². The van der Waals surface area contributed by atoms with E-state index in [0.717, 1.165) is 22.3 Å². The number of aromatic nitrogens is 1.